The Bertz CT molecular complexity index is 808. The van der Waals surface area contributed by atoms with Gasteiger partial charge in [-0.3, -0.25) is 0 Å². The highest BCUT2D eigenvalue weighted by atomic mass is 35.5. The van der Waals surface area contributed by atoms with Gasteiger partial charge >= 0.3 is 0 Å². The zero-order valence-electron chi connectivity index (χ0n) is 13.4. The highest BCUT2D eigenvalue weighted by Gasteiger charge is 2.70. The fourth-order valence-corrected chi connectivity index (χ4v) is 6.21. The molecule has 0 aliphatic heterocycles. The van der Waals surface area contributed by atoms with Crippen molar-refractivity contribution in [1.82, 2.24) is 0 Å². The molecule has 2 N–H and O–H groups in total. The van der Waals surface area contributed by atoms with Gasteiger partial charge in [0.1, 0.15) is 0 Å². The maximum Gasteiger partial charge on any atom is 0.182 e. The van der Waals surface area contributed by atoms with Gasteiger partial charge in [-0.2, -0.15) is 0 Å². The Kier molecular flexibility index (Phi) is 4.71. The summed E-state index contributed by atoms with van der Waals surface area (Å²) >= 11 is 5.96. The maximum absolute atomic E-state index is 13.2. The Morgan fingerprint density at radius 1 is 1.12 bits per heavy atom. The molecule has 2 aromatic rings. The molecule has 2 aromatic carbocycles. The summed E-state index contributed by atoms with van der Waals surface area (Å²) in [7, 11) is -1.94. The van der Waals surface area contributed by atoms with Crippen LogP contribution >= 0.6 is 11.6 Å². The first-order valence-corrected chi connectivity index (χ1v) is 9.63. The van der Waals surface area contributed by atoms with Crippen molar-refractivity contribution in [1.29, 1.82) is 0 Å². The first kappa shape index (κ1) is 17.4. The smallest absolute Gasteiger partial charge is 0.182 e. The number of nitrogens with two attached hydrogens (primary N) is 1. The highest BCUT2D eigenvalue weighted by molar-refractivity contribution is 7.92. The van der Waals surface area contributed by atoms with E-state index >= 15 is 0 Å². The second-order valence-corrected chi connectivity index (χ2v) is 8.68. The molecule has 6 heteroatoms. The van der Waals surface area contributed by atoms with Crippen LogP contribution in [0, 0.1) is 5.41 Å². The number of ether oxygens (including phenoxy) is 1. The van der Waals surface area contributed by atoms with Crippen LogP contribution in [0.2, 0.25) is 5.02 Å². The molecule has 128 valence electrons. The molecule has 24 heavy (non-hydrogen) atoms. The first-order valence-electron chi connectivity index (χ1n) is 7.71. The molecule has 3 rings (SSSR count). The zero-order chi connectivity index (χ0) is 17.4. The third-order valence-electron chi connectivity index (χ3n) is 4.81. The predicted molar refractivity (Wildman–Crippen MR) is 95.0 cm³/mol. The Hall–Kier alpha value is -1.40. The molecule has 1 fully saturated rings. The van der Waals surface area contributed by atoms with Crippen molar-refractivity contribution in [2.24, 2.45) is 11.1 Å². The normalized spacial score (nSPS) is 26.3. The van der Waals surface area contributed by atoms with E-state index < -0.39 is 20.5 Å². The van der Waals surface area contributed by atoms with Crippen LogP contribution in [-0.2, 0) is 14.6 Å². The Morgan fingerprint density at radius 2 is 1.75 bits per heavy atom. The van der Waals surface area contributed by atoms with E-state index in [-0.39, 0.29) is 12.5 Å². The van der Waals surface area contributed by atoms with Gasteiger partial charge in [0.25, 0.3) is 0 Å². The van der Waals surface area contributed by atoms with Crippen molar-refractivity contribution in [2.45, 2.75) is 16.1 Å². The summed E-state index contributed by atoms with van der Waals surface area (Å²) in [4.78, 5) is 0.320. The van der Waals surface area contributed by atoms with Crippen molar-refractivity contribution in [3.63, 3.8) is 0 Å². The third-order valence-corrected chi connectivity index (χ3v) is 7.40. The minimum absolute atomic E-state index is 0.204. The molecule has 0 spiro atoms. The van der Waals surface area contributed by atoms with E-state index in [1.165, 1.54) is 0 Å². The van der Waals surface area contributed by atoms with Gasteiger partial charge < -0.3 is 10.5 Å². The lowest BCUT2D eigenvalue weighted by molar-refractivity contribution is 0.142. The minimum Gasteiger partial charge on any atom is -0.384 e. The van der Waals surface area contributed by atoms with E-state index in [1.807, 2.05) is 12.1 Å². The summed E-state index contributed by atoms with van der Waals surface area (Å²) in [6, 6.07) is 15.8. The molecule has 0 bridgehead atoms. The third kappa shape index (κ3) is 2.75. The van der Waals surface area contributed by atoms with Gasteiger partial charge in [-0.05, 0) is 29.8 Å². The SMILES string of the molecule is COC[C@]1(CN)[C@@H](c2ccc(Cl)cc2)[C@@H]1S(=O)(=O)c1ccccc1. The maximum atomic E-state index is 13.2. The first-order chi connectivity index (χ1) is 11.5. The molecule has 0 heterocycles. The second kappa shape index (κ2) is 6.48. The number of benzene rings is 2. The topological polar surface area (TPSA) is 69.4 Å². The lowest BCUT2D eigenvalue weighted by Gasteiger charge is -2.15. The van der Waals surface area contributed by atoms with E-state index in [1.54, 1.807) is 49.6 Å². The van der Waals surface area contributed by atoms with E-state index in [9.17, 15) is 8.42 Å². The number of hydrogen-bond acceptors (Lipinski definition) is 4. The van der Waals surface area contributed by atoms with Crippen LogP contribution < -0.4 is 5.73 Å². The summed E-state index contributed by atoms with van der Waals surface area (Å²) < 4.78 is 31.6. The summed E-state index contributed by atoms with van der Waals surface area (Å²) in [6.07, 6.45) is 0. The van der Waals surface area contributed by atoms with Crippen LogP contribution in [0.4, 0.5) is 0 Å². The largest absolute Gasteiger partial charge is 0.384 e. The molecule has 4 nitrogen and oxygen atoms in total. The minimum atomic E-state index is -3.51. The van der Waals surface area contributed by atoms with E-state index in [2.05, 4.69) is 0 Å². The van der Waals surface area contributed by atoms with E-state index in [4.69, 9.17) is 22.1 Å². The van der Waals surface area contributed by atoms with Gasteiger partial charge in [-0.1, -0.05) is 41.9 Å². The lowest BCUT2D eigenvalue weighted by atomic mass is 10.0. The summed E-state index contributed by atoms with van der Waals surface area (Å²) in [5.74, 6) is -0.204. The average Bonchev–Trinajstić information content (AvgIpc) is 3.26. The number of methoxy groups -OCH3 is 1. The van der Waals surface area contributed by atoms with E-state index in [0.717, 1.165) is 5.56 Å². The number of hydrogen-bond donors (Lipinski definition) is 1. The predicted octanol–water partition coefficient (Wildman–Crippen LogP) is 2.87. The molecular formula is C18H20ClNO3S. The number of sulfone groups is 1. The van der Waals surface area contributed by atoms with Crippen LogP contribution in [0.5, 0.6) is 0 Å². The zero-order valence-corrected chi connectivity index (χ0v) is 14.9. The lowest BCUT2D eigenvalue weighted by Crippen LogP contribution is -2.28. The van der Waals surface area contributed by atoms with Crippen LogP contribution in [0.1, 0.15) is 11.5 Å². The molecule has 3 atom stereocenters. The van der Waals surface area contributed by atoms with Gasteiger partial charge in [-0.25, -0.2) is 8.42 Å². The molecule has 0 unspecified atom stereocenters. The van der Waals surface area contributed by atoms with Gasteiger partial charge in [0, 0.05) is 30.0 Å². The van der Waals surface area contributed by atoms with Crippen LogP contribution in [0.15, 0.2) is 59.5 Å². The molecule has 1 saturated carbocycles. The number of halogens is 1. The van der Waals surface area contributed by atoms with Gasteiger partial charge in [-0.15, -0.1) is 0 Å². The Labute approximate surface area is 147 Å². The molecule has 0 amide bonds. The molecular weight excluding hydrogens is 346 g/mol. The fourth-order valence-electron chi connectivity index (χ4n) is 3.62. The van der Waals surface area contributed by atoms with Crippen molar-refractivity contribution < 1.29 is 13.2 Å². The van der Waals surface area contributed by atoms with Gasteiger partial charge in [0.05, 0.1) is 16.8 Å². The van der Waals surface area contributed by atoms with Gasteiger partial charge in [0.15, 0.2) is 9.84 Å². The Balaban J connectivity index is 2.05. The quantitative estimate of drug-likeness (QED) is 0.854. The average molecular weight is 366 g/mol. The second-order valence-electron chi connectivity index (χ2n) is 6.18. The van der Waals surface area contributed by atoms with Crippen molar-refractivity contribution in [2.75, 3.05) is 20.3 Å². The summed E-state index contributed by atoms with van der Waals surface area (Å²) in [5.41, 5.74) is 6.32. The van der Waals surface area contributed by atoms with Crippen LogP contribution in [0.3, 0.4) is 0 Å². The molecule has 1 aliphatic rings. The molecule has 1 aliphatic carbocycles. The molecule has 0 saturated heterocycles. The summed E-state index contributed by atoms with van der Waals surface area (Å²) in [5, 5.41) is 0.0190. The highest BCUT2D eigenvalue weighted by Crippen LogP contribution is 2.63. The van der Waals surface area contributed by atoms with Crippen molar-refractivity contribution >= 4 is 21.4 Å². The van der Waals surface area contributed by atoms with Gasteiger partial charge in [0.2, 0.25) is 0 Å². The summed E-state index contributed by atoms with van der Waals surface area (Å²) in [6.45, 7) is 0.540. The van der Waals surface area contributed by atoms with E-state index in [0.29, 0.717) is 16.5 Å². The molecule has 0 radical (unpaired) electrons. The molecule has 0 aromatic heterocycles. The fraction of sp³-hybridized carbons (Fsp3) is 0.333. The standard InChI is InChI=1S/C18H20ClNO3S/c1-23-12-18(11-20)16(13-7-9-14(19)10-8-13)17(18)24(21,22)15-5-3-2-4-6-15/h2-10,16-17H,11-12,20H2,1H3/t16-,17-,18+/m0/s1. The van der Waals surface area contributed by atoms with Crippen LogP contribution in [-0.4, -0.2) is 33.9 Å². The number of rotatable bonds is 6. The van der Waals surface area contributed by atoms with Crippen LogP contribution in [0.25, 0.3) is 0 Å². The Morgan fingerprint density at radius 3 is 2.29 bits per heavy atom. The monoisotopic (exact) mass is 365 g/mol. The van der Waals surface area contributed by atoms with Crippen molar-refractivity contribution in [3.05, 3.63) is 65.2 Å². The van der Waals surface area contributed by atoms with Crippen molar-refractivity contribution in [3.8, 4) is 0 Å².